The maximum atomic E-state index is 10.6. The summed E-state index contributed by atoms with van der Waals surface area (Å²) in [6.45, 7) is 3.96. The number of hydrogen-bond donors (Lipinski definition) is 1. The molecular formula is C3H12N2OSSi. The van der Waals surface area contributed by atoms with E-state index in [4.69, 9.17) is 5.14 Å². The van der Waals surface area contributed by atoms with Gasteiger partial charge in [0.2, 0.25) is 0 Å². The van der Waals surface area contributed by atoms with E-state index >= 15 is 0 Å². The lowest BCUT2D eigenvalue weighted by Crippen LogP contribution is -2.12. The van der Waals surface area contributed by atoms with Gasteiger partial charge in [0.1, 0.15) is 0 Å². The van der Waals surface area contributed by atoms with Gasteiger partial charge in [-0.2, -0.15) is 0 Å². The van der Waals surface area contributed by atoms with Crippen molar-refractivity contribution in [3.8, 4) is 0 Å². The summed E-state index contributed by atoms with van der Waals surface area (Å²) in [5.74, 6) is 0. The van der Waals surface area contributed by atoms with Crippen LogP contribution in [0.2, 0.25) is 13.1 Å². The van der Waals surface area contributed by atoms with E-state index in [1.165, 1.54) is 6.26 Å². The molecule has 0 amide bonds. The fraction of sp³-hybridized carbons (Fsp3) is 1.00. The quantitative estimate of drug-likeness (QED) is 0.526. The zero-order chi connectivity index (χ0) is 6.78. The van der Waals surface area contributed by atoms with E-state index in [1.54, 1.807) is 0 Å². The molecule has 1 atom stereocenters. The summed E-state index contributed by atoms with van der Waals surface area (Å²) in [6.07, 6.45) is 1.46. The minimum atomic E-state index is -2.29. The molecule has 0 rings (SSSR count). The molecule has 0 radical (unpaired) electrons. The minimum Gasteiger partial charge on any atom is -0.270 e. The first-order chi connectivity index (χ1) is 3.42. The Hall–Kier alpha value is 0.127. The van der Waals surface area contributed by atoms with Crippen molar-refractivity contribution in [3.63, 3.8) is 0 Å². The molecule has 0 aromatic carbocycles. The lowest BCUT2D eigenvalue weighted by Gasteiger charge is -1.95. The van der Waals surface area contributed by atoms with Crippen LogP contribution in [0.25, 0.3) is 0 Å². The van der Waals surface area contributed by atoms with Crippen LogP contribution in [0, 0.1) is 0 Å². The standard InChI is InChI=1S/C3H12N2OSSi/c1-7(4,6)5-8(2)3/h8H,1-3H3,(H2,4,5,6). The van der Waals surface area contributed by atoms with Gasteiger partial charge in [0.05, 0.1) is 9.92 Å². The van der Waals surface area contributed by atoms with Gasteiger partial charge in [-0.25, -0.2) is 9.35 Å². The summed E-state index contributed by atoms with van der Waals surface area (Å²) in [4.78, 5) is 0. The van der Waals surface area contributed by atoms with Crippen LogP contribution in [-0.2, 0) is 9.92 Å². The minimum absolute atomic E-state index is 1.07. The SMILES string of the molecule is C[SiH](C)N=S(C)(N)=O. The van der Waals surface area contributed by atoms with E-state index in [9.17, 15) is 4.21 Å². The third-order valence-corrected chi connectivity index (χ3v) is 3.78. The second-order valence-corrected chi connectivity index (χ2v) is 6.81. The van der Waals surface area contributed by atoms with Gasteiger partial charge < -0.3 is 0 Å². The van der Waals surface area contributed by atoms with Gasteiger partial charge >= 0.3 is 0 Å². The summed E-state index contributed by atoms with van der Waals surface area (Å²) in [7, 11) is -3.36. The maximum absolute atomic E-state index is 10.6. The Labute approximate surface area is 52.3 Å². The Kier molecular flexibility index (Phi) is 2.65. The molecule has 0 aromatic rings. The van der Waals surface area contributed by atoms with E-state index < -0.39 is 18.9 Å². The fourth-order valence-electron chi connectivity index (χ4n) is 0.419. The molecule has 2 N–H and O–H groups in total. The number of nitrogens with two attached hydrogens (primary N) is 1. The topological polar surface area (TPSA) is 55.4 Å². The second kappa shape index (κ2) is 2.61. The van der Waals surface area contributed by atoms with Crippen molar-refractivity contribution in [2.45, 2.75) is 13.1 Å². The molecule has 50 valence electrons. The summed E-state index contributed by atoms with van der Waals surface area (Å²) in [5.41, 5.74) is 0. The van der Waals surface area contributed by atoms with Crippen LogP contribution >= 0.6 is 0 Å². The van der Waals surface area contributed by atoms with Crippen molar-refractivity contribution in [2.75, 3.05) is 6.26 Å². The monoisotopic (exact) mass is 152 g/mol. The first kappa shape index (κ1) is 8.13. The number of rotatable bonds is 1. The van der Waals surface area contributed by atoms with Crippen LogP contribution in [0.3, 0.4) is 0 Å². The van der Waals surface area contributed by atoms with Crippen molar-refractivity contribution in [2.24, 2.45) is 9.17 Å². The molecule has 0 saturated carbocycles. The molecule has 3 nitrogen and oxygen atoms in total. The molecule has 0 saturated heterocycles. The van der Waals surface area contributed by atoms with Crippen LogP contribution in [0.4, 0.5) is 0 Å². The van der Waals surface area contributed by atoms with Gasteiger partial charge in [-0.3, -0.25) is 4.03 Å². The maximum Gasteiger partial charge on any atom is 0.173 e. The van der Waals surface area contributed by atoms with E-state index in [0.29, 0.717) is 0 Å². The molecule has 0 aromatic heterocycles. The van der Waals surface area contributed by atoms with Gasteiger partial charge in [0.15, 0.2) is 8.96 Å². The summed E-state index contributed by atoms with van der Waals surface area (Å²) < 4.78 is 14.5. The van der Waals surface area contributed by atoms with Gasteiger partial charge in [-0.05, 0) is 0 Å². The predicted molar refractivity (Wildman–Crippen MR) is 39.6 cm³/mol. The van der Waals surface area contributed by atoms with E-state index in [-0.39, 0.29) is 0 Å². The molecule has 0 aliphatic rings. The van der Waals surface area contributed by atoms with Crippen molar-refractivity contribution < 1.29 is 4.21 Å². The van der Waals surface area contributed by atoms with Crippen LogP contribution in [0.1, 0.15) is 0 Å². The molecule has 0 aliphatic heterocycles. The predicted octanol–water partition coefficient (Wildman–Crippen LogP) is -0.0587. The zero-order valence-electron chi connectivity index (χ0n) is 5.42. The summed E-state index contributed by atoms with van der Waals surface area (Å²) in [5, 5.41) is 5.13. The van der Waals surface area contributed by atoms with Gasteiger partial charge in [0.25, 0.3) is 0 Å². The lowest BCUT2D eigenvalue weighted by molar-refractivity contribution is 0.682. The van der Waals surface area contributed by atoms with E-state index in [0.717, 1.165) is 0 Å². The Morgan fingerprint density at radius 3 is 2.00 bits per heavy atom. The van der Waals surface area contributed by atoms with Gasteiger partial charge in [-0.15, -0.1) is 0 Å². The van der Waals surface area contributed by atoms with E-state index in [2.05, 4.69) is 4.03 Å². The van der Waals surface area contributed by atoms with Crippen LogP contribution < -0.4 is 5.14 Å². The Morgan fingerprint density at radius 1 is 1.62 bits per heavy atom. The third-order valence-electron chi connectivity index (χ3n) is 0.420. The van der Waals surface area contributed by atoms with Crippen LogP contribution in [0.5, 0.6) is 0 Å². The second-order valence-electron chi connectivity index (χ2n) is 2.06. The average Bonchev–Trinajstić information content (AvgIpc) is 1.21. The molecule has 8 heavy (non-hydrogen) atoms. The van der Waals surface area contributed by atoms with Crippen LogP contribution in [0.15, 0.2) is 4.03 Å². The largest absolute Gasteiger partial charge is 0.270 e. The molecule has 1 unspecified atom stereocenters. The van der Waals surface area contributed by atoms with Crippen molar-refractivity contribution >= 4 is 18.9 Å². The highest BCUT2D eigenvalue weighted by Gasteiger charge is 1.92. The smallest absolute Gasteiger partial charge is 0.173 e. The first-order valence-electron chi connectivity index (χ1n) is 2.41. The van der Waals surface area contributed by atoms with Crippen LogP contribution in [-0.4, -0.2) is 19.4 Å². The molecule has 5 heteroatoms. The Morgan fingerprint density at radius 2 is 2.00 bits per heavy atom. The lowest BCUT2D eigenvalue weighted by atomic mass is 11.9. The average molecular weight is 152 g/mol. The molecule has 0 fully saturated rings. The van der Waals surface area contributed by atoms with Gasteiger partial charge in [0, 0.05) is 6.26 Å². The highest BCUT2D eigenvalue weighted by molar-refractivity contribution is 7.91. The van der Waals surface area contributed by atoms with Crippen molar-refractivity contribution in [1.29, 1.82) is 0 Å². The van der Waals surface area contributed by atoms with Crippen molar-refractivity contribution in [3.05, 3.63) is 0 Å². The normalized spacial score (nSPS) is 18.1. The fourth-order valence-corrected chi connectivity index (χ4v) is 3.77. The molecule has 0 heterocycles. The Bertz CT molecular complexity index is 162. The van der Waals surface area contributed by atoms with E-state index in [1.807, 2.05) is 13.1 Å². The summed E-state index contributed by atoms with van der Waals surface area (Å²) in [6, 6.07) is 0. The highest BCUT2D eigenvalue weighted by atomic mass is 32.2. The number of hydrogen-bond acceptors (Lipinski definition) is 2. The Balaban J connectivity index is 4.19. The number of nitrogens with zero attached hydrogens (tertiary/aromatic N) is 1. The van der Waals surface area contributed by atoms with Gasteiger partial charge in [-0.1, -0.05) is 13.1 Å². The highest BCUT2D eigenvalue weighted by Crippen LogP contribution is 1.84. The summed E-state index contributed by atoms with van der Waals surface area (Å²) >= 11 is 0. The van der Waals surface area contributed by atoms with Crippen molar-refractivity contribution in [1.82, 2.24) is 0 Å². The zero-order valence-corrected chi connectivity index (χ0v) is 7.39. The third kappa shape index (κ3) is 6.13. The molecule has 0 spiro atoms. The molecule has 0 bridgehead atoms. The molecule has 0 aliphatic carbocycles. The first-order valence-corrected chi connectivity index (χ1v) is 7.22. The molecular weight excluding hydrogens is 140 g/mol.